The first-order chi connectivity index (χ1) is 18.4. The van der Waals surface area contributed by atoms with Crippen LogP contribution in [0.1, 0.15) is 87.1 Å². The molecule has 0 fully saturated rings. The molecule has 0 aliphatic carbocycles. The Balaban J connectivity index is 1.86. The summed E-state index contributed by atoms with van der Waals surface area (Å²) in [5.41, 5.74) is 14.4. The molecule has 2 heterocycles. The van der Waals surface area contributed by atoms with Crippen molar-refractivity contribution in [2.45, 2.75) is 73.1 Å². The number of hydrogen-bond donors (Lipinski definition) is 0. The van der Waals surface area contributed by atoms with Gasteiger partial charge in [0.15, 0.2) is 11.0 Å². The van der Waals surface area contributed by atoms with E-state index in [4.69, 9.17) is 0 Å². The zero-order chi connectivity index (χ0) is 28.2. The van der Waals surface area contributed by atoms with Gasteiger partial charge in [0.2, 0.25) is 12.7 Å². The first-order valence-corrected chi connectivity index (χ1v) is 14.3. The maximum atomic E-state index is 2.45. The van der Waals surface area contributed by atoms with E-state index >= 15 is 0 Å². The second-order valence-corrected chi connectivity index (χ2v) is 12.3. The Bertz CT molecular complexity index is 1650. The third kappa shape index (κ3) is 4.93. The van der Waals surface area contributed by atoms with E-state index in [2.05, 4.69) is 155 Å². The molecule has 3 aromatic carbocycles. The van der Waals surface area contributed by atoms with Crippen LogP contribution in [-0.4, -0.2) is 9.13 Å². The smallest absolute Gasteiger partial charge is 0.239 e. The fourth-order valence-corrected chi connectivity index (χ4v) is 5.68. The van der Waals surface area contributed by atoms with E-state index in [1.165, 1.54) is 55.7 Å². The zero-order valence-electron chi connectivity index (χ0n) is 25.4. The van der Waals surface area contributed by atoms with Crippen molar-refractivity contribution in [2.75, 3.05) is 0 Å². The van der Waals surface area contributed by atoms with E-state index in [9.17, 15) is 0 Å². The quantitative estimate of drug-likeness (QED) is 0.204. The van der Waals surface area contributed by atoms with Gasteiger partial charge < -0.3 is 0 Å². The third-order valence-electron chi connectivity index (χ3n) is 8.19. The maximum Gasteiger partial charge on any atom is 0.249 e. The lowest BCUT2D eigenvalue weighted by atomic mass is 9.81. The van der Waals surface area contributed by atoms with Gasteiger partial charge in [0, 0.05) is 6.07 Å². The van der Waals surface area contributed by atoms with Gasteiger partial charge in [-0.15, -0.1) is 0 Å². The highest BCUT2D eigenvalue weighted by Crippen LogP contribution is 2.40. The second kappa shape index (κ2) is 10.1. The molecule has 0 aliphatic heterocycles. The normalized spacial score (nSPS) is 12.0. The zero-order valence-corrected chi connectivity index (χ0v) is 25.4. The van der Waals surface area contributed by atoms with Crippen molar-refractivity contribution in [2.24, 2.45) is 14.1 Å². The third-order valence-corrected chi connectivity index (χ3v) is 8.19. The molecule has 0 unspecified atom stereocenters. The van der Waals surface area contributed by atoms with Gasteiger partial charge in [-0.2, -0.15) is 4.57 Å². The van der Waals surface area contributed by atoms with E-state index in [-0.39, 0.29) is 0 Å². The van der Waals surface area contributed by atoms with Crippen LogP contribution >= 0.6 is 0 Å². The summed E-state index contributed by atoms with van der Waals surface area (Å²) in [5, 5.41) is 0. The predicted molar refractivity (Wildman–Crippen MR) is 162 cm³/mol. The average molecular weight is 521 g/mol. The molecule has 2 aromatic heterocycles. The number of imidazole rings is 2. The van der Waals surface area contributed by atoms with E-state index < -0.39 is 0 Å². The Labute approximate surface area is 234 Å². The molecule has 0 radical (unpaired) electrons. The SMILES string of the molecule is Cc1cc2c(cc1C)[n+](C)cn2-c1cc(-c2c(C(C)C)cc(C(C)C)cc2C(C)C)cc(-n2cc[n+](C)c2)c1. The van der Waals surface area contributed by atoms with E-state index in [1.807, 2.05) is 0 Å². The second-order valence-electron chi connectivity index (χ2n) is 12.3. The molecule has 202 valence electrons. The monoisotopic (exact) mass is 520 g/mol. The molecular formula is C35H44N4+2. The first-order valence-electron chi connectivity index (χ1n) is 14.3. The summed E-state index contributed by atoms with van der Waals surface area (Å²) in [6.45, 7) is 18.3. The van der Waals surface area contributed by atoms with Crippen LogP contribution in [0.3, 0.4) is 0 Å². The first kappa shape index (κ1) is 26.9. The number of aromatic nitrogens is 4. The Kier molecular flexibility index (Phi) is 7.00. The topological polar surface area (TPSA) is 17.6 Å². The van der Waals surface area contributed by atoms with Crippen molar-refractivity contribution in [1.82, 2.24) is 9.13 Å². The summed E-state index contributed by atoms with van der Waals surface area (Å²) in [7, 11) is 4.22. The molecule has 0 saturated carbocycles. The number of fused-ring (bicyclic) bond motifs is 1. The summed E-state index contributed by atoms with van der Waals surface area (Å²) in [6, 6.07) is 16.6. The minimum absolute atomic E-state index is 0.420. The Morgan fingerprint density at radius 3 is 1.85 bits per heavy atom. The summed E-state index contributed by atoms with van der Waals surface area (Å²) in [5.74, 6) is 1.33. The van der Waals surface area contributed by atoms with Gasteiger partial charge in [0.25, 0.3) is 0 Å². The van der Waals surface area contributed by atoms with Crippen molar-refractivity contribution < 1.29 is 9.13 Å². The Morgan fingerprint density at radius 1 is 0.667 bits per heavy atom. The highest BCUT2D eigenvalue weighted by molar-refractivity contribution is 5.80. The number of rotatable bonds is 6. The van der Waals surface area contributed by atoms with Crippen molar-refractivity contribution in [3.8, 4) is 22.5 Å². The highest BCUT2D eigenvalue weighted by atomic mass is 15.1. The van der Waals surface area contributed by atoms with Crippen LogP contribution in [0.25, 0.3) is 33.5 Å². The number of aryl methyl sites for hydroxylation is 4. The van der Waals surface area contributed by atoms with Crippen LogP contribution in [0.4, 0.5) is 0 Å². The molecule has 0 aliphatic rings. The van der Waals surface area contributed by atoms with Gasteiger partial charge in [-0.1, -0.05) is 53.7 Å². The van der Waals surface area contributed by atoms with Crippen LogP contribution in [0.5, 0.6) is 0 Å². The minimum atomic E-state index is 0.420. The molecule has 0 N–H and O–H groups in total. The van der Waals surface area contributed by atoms with Crippen LogP contribution in [0, 0.1) is 13.8 Å². The van der Waals surface area contributed by atoms with Crippen LogP contribution in [0.2, 0.25) is 0 Å². The molecule has 0 atom stereocenters. The average Bonchev–Trinajstić information content (AvgIpc) is 3.46. The number of hydrogen-bond acceptors (Lipinski definition) is 0. The fraction of sp³-hybridized carbons (Fsp3) is 0.371. The van der Waals surface area contributed by atoms with Gasteiger partial charge in [0.05, 0.1) is 14.1 Å². The number of benzene rings is 3. The summed E-state index contributed by atoms with van der Waals surface area (Å²) in [4.78, 5) is 0. The summed E-state index contributed by atoms with van der Waals surface area (Å²) >= 11 is 0. The minimum Gasteiger partial charge on any atom is -0.239 e. The van der Waals surface area contributed by atoms with E-state index in [0.717, 1.165) is 5.69 Å². The Morgan fingerprint density at radius 2 is 1.28 bits per heavy atom. The van der Waals surface area contributed by atoms with Crippen LogP contribution in [-0.2, 0) is 14.1 Å². The molecule has 0 bridgehead atoms. The molecule has 0 amide bonds. The standard InChI is InChI=1S/C35H44N4/c1-22(2)27-17-31(23(3)4)35(32(18-27)24(5)6)28-15-29(38-12-11-36(9)20-38)19-30(16-28)39-21-37(10)33-13-25(7)26(8)14-34(33)39/h11-24H,1-10H3/q+2. The van der Waals surface area contributed by atoms with E-state index in [1.54, 1.807) is 0 Å². The molecule has 5 aromatic rings. The van der Waals surface area contributed by atoms with E-state index in [0.29, 0.717) is 17.8 Å². The lowest BCUT2D eigenvalue weighted by Gasteiger charge is -2.23. The largest absolute Gasteiger partial charge is 0.249 e. The summed E-state index contributed by atoms with van der Waals surface area (Å²) < 4.78 is 8.91. The summed E-state index contributed by atoms with van der Waals surface area (Å²) in [6.07, 6.45) is 8.59. The van der Waals surface area contributed by atoms with Gasteiger partial charge in [-0.3, -0.25) is 0 Å². The lowest BCUT2D eigenvalue weighted by molar-refractivity contribution is -0.670. The van der Waals surface area contributed by atoms with Crippen molar-refractivity contribution in [3.05, 3.63) is 95.3 Å². The maximum absolute atomic E-state index is 2.45. The molecular weight excluding hydrogens is 476 g/mol. The molecule has 39 heavy (non-hydrogen) atoms. The van der Waals surface area contributed by atoms with Gasteiger partial charge in [-0.05, 0) is 94.8 Å². The van der Waals surface area contributed by atoms with Gasteiger partial charge in [0.1, 0.15) is 23.8 Å². The molecule has 4 heteroatoms. The van der Waals surface area contributed by atoms with Crippen molar-refractivity contribution in [1.29, 1.82) is 0 Å². The molecule has 4 nitrogen and oxygen atoms in total. The fourth-order valence-electron chi connectivity index (χ4n) is 5.68. The molecule has 0 saturated heterocycles. The predicted octanol–water partition coefficient (Wildman–Crippen LogP) is 7.72. The van der Waals surface area contributed by atoms with Crippen molar-refractivity contribution in [3.63, 3.8) is 0 Å². The number of nitrogens with zero attached hydrogens (tertiary/aromatic N) is 4. The van der Waals surface area contributed by atoms with Gasteiger partial charge >= 0.3 is 0 Å². The lowest BCUT2D eigenvalue weighted by Crippen LogP contribution is -2.25. The highest BCUT2D eigenvalue weighted by Gasteiger charge is 2.23. The van der Waals surface area contributed by atoms with Gasteiger partial charge in [-0.25, -0.2) is 13.7 Å². The van der Waals surface area contributed by atoms with Crippen molar-refractivity contribution >= 4 is 11.0 Å². The molecule has 0 spiro atoms. The van der Waals surface area contributed by atoms with Crippen LogP contribution in [0.15, 0.2) is 67.5 Å². The van der Waals surface area contributed by atoms with Crippen LogP contribution < -0.4 is 9.13 Å². The Hall–Kier alpha value is -3.66. The molecule has 5 rings (SSSR count).